The number of aromatic nitrogens is 1. The number of carbonyl (C=O) groups excluding carboxylic acids is 2. The normalized spacial score (nSPS) is 14.1. The molecule has 1 aromatic heterocycles. The van der Waals surface area contributed by atoms with E-state index in [-0.39, 0.29) is 13.2 Å². The summed E-state index contributed by atoms with van der Waals surface area (Å²) in [5.74, 6) is -1.34. The summed E-state index contributed by atoms with van der Waals surface area (Å²) < 4.78 is 10.1. The molecule has 1 amide bonds. The fraction of sp³-hybridized carbons (Fsp3) is 0.562. The molecule has 2 rings (SSSR count). The number of hydrogen-bond acceptors (Lipinski definition) is 6. The SMILES string of the molecule is CCOC(=O)c1c(O)c2c([nH]c1=O)CCN(C(=O)OC(C)(C)C)C2. The molecular formula is C16H22N2O6. The number of aromatic hydroxyl groups is 1. The minimum atomic E-state index is -0.895. The average Bonchev–Trinajstić information content (AvgIpc) is 2.45. The van der Waals surface area contributed by atoms with E-state index < -0.39 is 34.5 Å². The van der Waals surface area contributed by atoms with Crippen LogP contribution in [-0.4, -0.2) is 45.8 Å². The van der Waals surface area contributed by atoms with Crippen LogP contribution >= 0.6 is 0 Å². The molecule has 0 fully saturated rings. The van der Waals surface area contributed by atoms with Crippen molar-refractivity contribution in [3.8, 4) is 5.75 Å². The lowest BCUT2D eigenvalue weighted by atomic mass is 10.0. The van der Waals surface area contributed by atoms with E-state index in [1.807, 2.05) is 0 Å². The fourth-order valence-electron chi connectivity index (χ4n) is 2.45. The number of aromatic amines is 1. The third-order valence-corrected chi connectivity index (χ3v) is 3.49. The number of hydrogen-bond donors (Lipinski definition) is 2. The number of fused-ring (bicyclic) bond motifs is 1. The Balaban J connectivity index is 2.33. The second kappa shape index (κ2) is 6.54. The topological polar surface area (TPSA) is 109 Å². The summed E-state index contributed by atoms with van der Waals surface area (Å²) in [4.78, 5) is 40.1. The van der Waals surface area contributed by atoms with Gasteiger partial charge in [0.25, 0.3) is 5.56 Å². The van der Waals surface area contributed by atoms with E-state index >= 15 is 0 Å². The monoisotopic (exact) mass is 338 g/mol. The summed E-state index contributed by atoms with van der Waals surface area (Å²) in [7, 11) is 0. The van der Waals surface area contributed by atoms with Crippen LogP contribution in [-0.2, 0) is 22.4 Å². The van der Waals surface area contributed by atoms with Gasteiger partial charge in [0.15, 0.2) is 5.56 Å². The highest BCUT2D eigenvalue weighted by Crippen LogP contribution is 2.28. The number of rotatable bonds is 2. The van der Waals surface area contributed by atoms with Crippen molar-refractivity contribution < 1.29 is 24.2 Å². The van der Waals surface area contributed by atoms with Crippen LogP contribution in [0.25, 0.3) is 0 Å². The van der Waals surface area contributed by atoms with Gasteiger partial charge in [0.05, 0.1) is 13.2 Å². The van der Waals surface area contributed by atoms with Gasteiger partial charge in [-0.3, -0.25) is 4.79 Å². The molecule has 8 heteroatoms. The second-order valence-electron chi connectivity index (χ2n) is 6.51. The van der Waals surface area contributed by atoms with Crippen molar-refractivity contribution in [2.24, 2.45) is 0 Å². The third kappa shape index (κ3) is 3.69. The highest BCUT2D eigenvalue weighted by Gasteiger charge is 2.31. The molecule has 8 nitrogen and oxygen atoms in total. The summed E-state index contributed by atoms with van der Waals surface area (Å²) in [6.45, 7) is 7.35. The van der Waals surface area contributed by atoms with E-state index in [9.17, 15) is 19.5 Å². The second-order valence-corrected chi connectivity index (χ2v) is 6.51. The lowest BCUT2D eigenvalue weighted by Gasteiger charge is -2.31. The highest BCUT2D eigenvalue weighted by molar-refractivity contribution is 5.92. The van der Waals surface area contributed by atoms with Gasteiger partial charge in [-0.2, -0.15) is 0 Å². The lowest BCUT2D eigenvalue weighted by molar-refractivity contribution is 0.0221. The van der Waals surface area contributed by atoms with Gasteiger partial charge in [0.1, 0.15) is 11.4 Å². The van der Waals surface area contributed by atoms with E-state index in [4.69, 9.17) is 9.47 Å². The Morgan fingerprint density at radius 1 is 1.33 bits per heavy atom. The van der Waals surface area contributed by atoms with Gasteiger partial charge in [-0.25, -0.2) is 9.59 Å². The van der Waals surface area contributed by atoms with Gasteiger partial charge in [0, 0.05) is 24.2 Å². The first kappa shape index (κ1) is 17.8. The van der Waals surface area contributed by atoms with E-state index in [0.717, 1.165) is 0 Å². The van der Waals surface area contributed by atoms with Crippen LogP contribution in [0.3, 0.4) is 0 Å². The minimum absolute atomic E-state index is 0.0409. The van der Waals surface area contributed by atoms with Crippen LogP contribution in [0, 0.1) is 0 Å². The van der Waals surface area contributed by atoms with Crippen LogP contribution in [0.15, 0.2) is 4.79 Å². The maximum atomic E-state index is 12.2. The molecule has 0 spiro atoms. The van der Waals surface area contributed by atoms with Crippen molar-refractivity contribution in [1.29, 1.82) is 0 Å². The largest absolute Gasteiger partial charge is 0.506 e. The Hall–Kier alpha value is -2.51. The van der Waals surface area contributed by atoms with Crippen molar-refractivity contribution in [1.82, 2.24) is 9.88 Å². The molecule has 0 atom stereocenters. The smallest absolute Gasteiger partial charge is 0.410 e. The molecule has 2 heterocycles. The molecule has 0 saturated carbocycles. The van der Waals surface area contributed by atoms with Crippen LogP contribution in [0.2, 0.25) is 0 Å². The number of nitrogens with zero attached hydrogens (tertiary/aromatic N) is 1. The molecule has 0 unspecified atom stereocenters. The third-order valence-electron chi connectivity index (χ3n) is 3.49. The molecule has 0 aliphatic carbocycles. The Morgan fingerprint density at radius 2 is 2.00 bits per heavy atom. The first-order chi connectivity index (χ1) is 11.1. The standard InChI is InChI=1S/C16H22N2O6/c1-5-23-14(21)11-12(19)9-8-18(15(22)24-16(2,3)4)7-6-10(9)17-13(11)20/h5-8H2,1-4H3,(H2,17,19,20). The number of esters is 1. The van der Waals surface area contributed by atoms with Crippen LogP contribution in [0.4, 0.5) is 4.79 Å². The molecule has 1 aliphatic heterocycles. The van der Waals surface area contributed by atoms with Gasteiger partial charge in [-0.05, 0) is 27.7 Å². The van der Waals surface area contributed by atoms with Gasteiger partial charge in [-0.1, -0.05) is 0 Å². The van der Waals surface area contributed by atoms with Crippen LogP contribution < -0.4 is 5.56 Å². The number of amides is 1. The van der Waals surface area contributed by atoms with E-state index in [1.54, 1.807) is 27.7 Å². The zero-order chi connectivity index (χ0) is 18.1. The van der Waals surface area contributed by atoms with Gasteiger partial charge in [0.2, 0.25) is 0 Å². The Morgan fingerprint density at radius 3 is 2.58 bits per heavy atom. The minimum Gasteiger partial charge on any atom is -0.506 e. The van der Waals surface area contributed by atoms with Crippen LogP contribution in [0.1, 0.15) is 49.3 Å². The summed E-state index contributed by atoms with van der Waals surface area (Å²) in [6.07, 6.45) is -0.169. The molecule has 132 valence electrons. The summed E-state index contributed by atoms with van der Waals surface area (Å²) >= 11 is 0. The lowest BCUT2D eigenvalue weighted by Crippen LogP contribution is -2.41. The van der Waals surface area contributed by atoms with E-state index in [2.05, 4.69) is 4.98 Å². The quantitative estimate of drug-likeness (QED) is 0.792. The maximum absolute atomic E-state index is 12.2. The summed E-state index contributed by atoms with van der Waals surface area (Å²) in [5, 5.41) is 10.3. The Kier molecular flexibility index (Phi) is 4.86. The first-order valence-corrected chi connectivity index (χ1v) is 7.76. The van der Waals surface area contributed by atoms with Crippen molar-refractivity contribution in [2.45, 2.75) is 46.3 Å². The summed E-state index contributed by atoms with van der Waals surface area (Å²) in [5.41, 5.74) is -0.947. The Bertz CT molecular complexity index is 717. The number of carbonyl (C=O) groups is 2. The predicted molar refractivity (Wildman–Crippen MR) is 85.0 cm³/mol. The van der Waals surface area contributed by atoms with Crippen molar-refractivity contribution >= 4 is 12.1 Å². The molecule has 0 radical (unpaired) electrons. The van der Waals surface area contributed by atoms with Gasteiger partial charge >= 0.3 is 12.1 Å². The van der Waals surface area contributed by atoms with Crippen molar-refractivity contribution in [2.75, 3.05) is 13.2 Å². The number of pyridine rings is 1. The predicted octanol–water partition coefficient (Wildman–Crippen LogP) is 1.55. The van der Waals surface area contributed by atoms with Gasteiger partial charge in [-0.15, -0.1) is 0 Å². The first-order valence-electron chi connectivity index (χ1n) is 7.76. The average molecular weight is 338 g/mol. The molecular weight excluding hydrogens is 316 g/mol. The molecule has 0 saturated heterocycles. The van der Waals surface area contributed by atoms with Crippen molar-refractivity contribution in [3.05, 3.63) is 27.2 Å². The van der Waals surface area contributed by atoms with E-state index in [0.29, 0.717) is 24.2 Å². The molecule has 0 aromatic carbocycles. The number of H-pyrrole nitrogens is 1. The number of nitrogens with one attached hydrogen (secondary N) is 1. The van der Waals surface area contributed by atoms with Gasteiger partial charge < -0.3 is 24.5 Å². The zero-order valence-electron chi connectivity index (χ0n) is 14.3. The fourth-order valence-corrected chi connectivity index (χ4v) is 2.45. The summed E-state index contributed by atoms with van der Waals surface area (Å²) in [6, 6.07) is 0. The molecule has 1 aliphatic rings. The van der Waals surface area contributed by atoms with E-state index in [1.165, 1.54) is 4.90 Å². The Labute approximate surface area is 139 Å². The maximum Gasteiger partial charge on any atom is 0.410 e. The zero-order valence-corrected chi connectivity index (χ0v) is 14.3. The van der Waals surface area contributed by atoms with Crippen molar-refractivity contribution in [3.63, 3.8) is 0 Å². The molecule has 2 N–H and O–H groups in total. The molecule has 0 bridgehead atoms. The van der Waals surface area contributed by atoms with Crippen LogP contribution in [0.5, 0.6) is 5.75 Å². The molecule has 1 aromatic rings. The number of ether oxygens (including phenoxy) is 2. The highest BCUT2D eigenvalue weighted by atomic mass is 16.6. The molecule has 24 heavy (non-hydrogen) atoms.